The van der Waals surface area contributed by atoms with Gasteiger partial charge in [-0.1, -0.05) is 18.2 Å². The van der Waals surface area contributed by atoms with E-state index in [9.17, 15) is 23.6 Å². The molecular weight excluding hydrogens is 500 g/mol. The van der Waals surface area contributed by atoms with Gasteiger partial charge < -0.3 is 14.1 Å². The number of fused-ring (bicyclic) bond motifs is 8. The van der Waals surface area contributed by atoms with E-state index in [0.717, 1.165) is 34.6 Å². The van der Waals surface area contributed by atoms with Crippen molar-refractivity contribution < 1.29 is 27.5 Å². The Kier molecular flexibility index (Phi) is 4.81. The number of amides is 1. The van der Waals surface area contributed by atoms with E-state index in [0.29, 0.717) is 0 Å². The molecule has 0 aliphatic carbocycles. The number of benzene rings is 2. The molecule has 9 nitrogen and oxygen atoms in total. The second-order valence-electron chi connectivity index (χ2n) is 8.93. The lowest BCUT2D eigenvalue weighted by Crippen LogP contribution is -2.51. The molecule has 0 saturated heterocycles. The zero-order valence-electron chi connectivity index (χ0n) is 20.0. The third kappa shape index (κ3) is 2.75. The molecule has 4 heterocycles. The molecule has 6 rings (SSSR count). The maximum Gasteiger partial charge on any atom is 0.345 e. The Morgan fingerprint density at radius 3 is 2.63 bits per heavy atom. The summed E-state index contributed by atoms with van der Waals surface area (Å²) in [5.41, 5.74) is -5.58. The highest BCUT2D eigenvalue weighted by molar-refractivity contribution is 6.15. The Morgan fingerprint density at radius 2 is 1.92 bits per heavy atom. The van der Waals surface area contributed by atoms with Crippen LogP contribution in [0.3, 0.4) is 0 Å². The molecule has 1 atom stereocenters. The van der Waals surface area contributed by atoms with Crippen molar-refractivity contribution in [2.45, 2.75) is 19.3 Å². The fourth-order valence-corrected chi connectivity index (χ4v) is 5.46. The van der Waals surface area contributed by atoms with Crippen LogP contribution in [0.25, 0.3) is 11.0 Å². The second-order valence-corrected chi connectivity index (χ2v) is 8.93. The molecule has 1 spiro atoms. The van der Waals surface area contributed by atoms with Gasteiger partial charge in [-0.15, -0.1) is 6.58 Å². The average Bonchev–Trinajstić information content (AvgIpc) is 3.08. The van der Waals surface area contributed by atoms with Crippen molar-refractivity contribution >= 4 is 28.5 Å². The van der Waals surface area contributed by atoms with Crippen LogP contribution in [0.15, 0.2) is 63.1 Å². The normalized spacial score (nSPS) is 17.3. The fraction of sp³-hybridized carbons (Fsp3) is 0.148. The highest BCUT2D eigenvalue weighted by Crippen LogP contribution is 2.57. The Morgan fingerprint density at radius 1 is 1.16 bits per heavy atom. The molecule has 0 radical (unpaired) electrons. The third-order valence-electron chi connectivity index (χ3n) is 6.84. The molecule has 1 amide bonds. The summed E-state index contributed by atoms with van der Waals surface area (Å²) in [6, 6.07) is 7.19. The van der Waals surface area contributed by atoms with Crippen LogP contribution in [0.2, 0.25) is 0 Å². The van der Waals surface area contributed by atoms with Gasteiger partial charge in [0.25, 0.3) is 5.56 Å². The summed E-state index contributed by atoms with van der Waals surface area (Å²) in [5, 5.41) is -0.00671. The monoisotopic (exact) mass is 517 g/mol. The van der Waals surface area contributed by atoms with Gasteiger partial charge in [-0.05, 0) is 31.2 Å². The molecule has 2 aliphatic heterocycles. The van der Waals surface area contributed by atoms with Crippen molar-refractivity contribution in [3.8, 4) is 11.6 Å². The summed E-state index contributed by atoms with van der Waals surface area (Å²) in [6.07, 6.45) is 1.35. The van der Waals surface area contributed by atoms with Gasteiger partial charge >= 0.3 is 5.63 Å². The maximum atomic E-state index is 15.3. The molecule has 0 fully saturated rings. The molecule has 38 heavy (non-hydrogen) atoms. The highest BCUT2D eigenvalue weighted by atomic mass is 19.1. The van der Waals surface area contributed by atoms with Crippen molar-refractivity contribution in [2.24, 2.45) is 0 Å². The zero-order valence-corrected chi connectivity index (χ0v) is 20.0. The van der Waals surface area contributed by atoms with E-state index in [1.807, 2.05) is 0 Å². The van der Waals surface area contributed by atoms with Crippen LogP contribution in [0.4, 0.5) is 14.5 Å². The number of aryl methyl sites for hydroxylation is 1. The van der Waals surface area contributed by atoms with Gasteiger partial charge in [0, 0.05) is 19.0 Å². The number of carbonyl (C=O) groups excluding carboxylic acids is 2. The minimum atomic E-state index is -2.32. The standard InChI is InChI=1S/C27H17F2N3O6/c1-4-10-31-21-16(6-5-7-17(21)29)27(26(31)36)19-22(15-11-14(28)8-9-18(15)37-25(19)35)38-23-20(27)24(34)32(13(3)33)12(2)30-23/h4-9,11H,1,10H2,2-3H3. The van der Waals surface area contributed by atoms with Crippen LogP contribution in [0, 0.1) is 18.6 Å². The van der Waals surface area contributed by atoms with E-state index in [4.69, 9.17) is 9.15 Å². The van der Waals surface area contributed by atoms with Gasteiger partial charge in [-0.3, -0.25) is 14.4 Å². The molecule has 0 N–H and O–H groups in total. The Balaban J connectivity index is 1.90. The van der Waals surface area contributed by atoms with E-state index in [1.54, 1.807) is 0 Å². The van der Waals surface area contributed by atoms with Crippen LogP contribution < -0.4 is 20.8 Å². The Bertz CT molecular complexity index is 1890. The van der Waals surface area contributed by atoms with Crippen molar-refractivity contribution in [1.29, 1.82) is 0 Å². The predicted octanol–water partition coefficient (Wildman–Crippen LogP) is 3.57. The topological polar surface area (TPSA) is 112 Å². The molecule has 190 valence electrons. The summed E-state index contributed by atoms with van der Waals surface area (Å²) in [7, 11) is 0. The predicted molar refractivity (Wildman–Crippen MR) is 131 cm³/mol. The molecule has 0 bridgehead atoms. The Labute approximate surface area is 212 Å². The van der Waals surface area contributed by atoms with E-state index in [-0.39, 0.29) is 46.2 Å². The lowest BCUT2D eigenvalue weighted by molar-refractivity contribution is -0.120. The minimum absolute atomic E-state index is 0.00671. The Hall–Kier alpha value is -4.93. The first kappa shape index (κ1) is 23.5. The molecule has 4 aromatic rings. The van der Waals surface area contributed by atoms with Crippen LogP contribution in [0.1, 0.15) is 34.2 Å². The zero-order chi connectivity index (χ0) is 27.1. The van der Waals surface area contributed by atoms with E-state index in [1.165, 1.54) is 31.2 Å². The smallest absolute Gasteiger partial charge is 0.345 e. The van der Waals surface area contributed by atoms with E-state index in [2.05, 4.69) is 11.6 Å². The quantitative estimate of drug-likeness (QED) is 0.295. The molecular formula is C27H17F2N3O6. The number of ether oxygens (including phenoxy) is 1. The lowest BCUT2D eigenvalue weighted by atomic mass is 9.69. The van der Waals surface area contributed by atoms with Crippen LogP contribution in [0.5, 0.6) is 11.6 Å². The van der Waals surface area contributed by atoms with Crippen LogP contribution in [-0.2, 0) is 10.2 Å². The number of halogens is 2. The second kappa shape index (κ2) is 7.78. The maximum absolute atomic E-state index is 15.3. The number of hydrogen-bond donors (Lipinski definition) is 0. The van der Waals surface area contributed by atoms with Gasteiger partial charge in [0.05, 0.1) is 11.1 Å². The largest absolute Gasteiger partial charge is 0.437 e. The highest BCUT2D eigenvalue weighted by Gasteiger charge is 2.62. The number of nitrogens with zero attached hydrogens (tertiary/aromatic N) is 3. The van der Waals surface area contributed by atoms with Gasteiger partial charge in [-0.2, -0.15) is 4.98 Å². The molecule has 0 saturated carbocycles. The van der Waals surface area contributed by atoms with Gasteiger partial charge in [0.2, 0.25) is 17.7 Å². The fourth-order valence-electron chi connectivity index (χ4n) is 5.46. The number of anilines is 1. The molecule has 2 aromatic carbocycles. The molecule has 2 aromatic heterocycles. The van der Waals surface area contributed by atoms with Crippen molar-refractivity contribution in [3.63, 3.8) is 0 Å². The van der Waals surface area contributed by atoms with Crippen molar-refractivity contribution in [3.05, 3.63) is 104 Å². The summed E-state index contributed by atoms with van der Waals surface area (Å²) in [6.45, 7) is 5.98. The van der Waals surface area contributed by atoms with E-state index < -0.39 is 51.2 Å². The first-order valence-electron chi connectivity index (χ1n) is 11.4. The summed E-state index contributed by atoms with van der Waals surface area (Å²) in [4.78, 5) is 59.7. The SMILES string of the molecule is C=CCN1C(=O)C2(c3cccc(F)c31)c1c(c3cc(F)ccc3oc1=O)Oc1nc(C)n(C(C)=O)c(=O)c12. The van der Waals surface area contributed by atoms with E-state index >= 15 is 4.39 Å². The number of para-hydroxylation sites is 1. The summed E-state index contributed by atoms with van der Waals surface area (Å²) < 4.78 is 41.8. The number of rotatable bonds is 2. The van der Waals surface area contributed by atoms with Crippen molar-refractivity contribution in [2.75, 3.05) is 11.4 Å². The molecule has 2 aliphatic rings. The van der Waals surface area contributed by atoms with Crippen LogP contribution in [-0.4, -0.2) is 27.9 Å². The van der Waals surface area contributed by atoms with Gasteiger partial charge in [-0.25, -0.2) is 18.1 Å². The minimum Gasteiger partial charge on any atom is -0.437 e. The number of aromatic nitrogens is 2. The number of hydrogen-bond acceptors (Lipinski definition) is 7. The summed E-state index contributed by atoms with van der Waals surface area (Å²) >= 11 is 0. The molecule has 1 unspecified atom stereocenters. The molecule has 11 heteroatoms. The first-order chi connectivity index (χ1) is 18.1. The average molecular weight is 517 g/mol. The number of carbonyl (C=O) groups is 2. The van der Waals surface area contributed by atoms with Crippen molar-refractivity contribution in [1.82, 2.24) is 9.55 Å². The van der Waals surface area contributed by atoms with Gasteiger partial charge in [0.15, 0.2) is 5.75 Å². The van der Waals surface area contributed by atoms with Gasteiger partial charge in [0.1, 0.15) is 39.6 Å². The van der Waals surface area contributed by atoms with Crippen LogP contribution >= 0.6 is 0 Å². The lowest BCUT2D eigenvalue weighted by Gasteiger charge is -2.34. The summed E-state index contributed by atoms with van der Waals surface area (Å²) in [5.74, 6) is -3.77. The first-order valence-corrected chi connectivity index (χ1v) is 11.4. The third-order valence-corrected chi connectivity index (χ3v) is 6.84.